The summed E-state index contributed by atoms with van der Waals surface area (Å²) in [5.74, 6) is -0.637. The zero-order valence-electron chi connectivity index (χ0n) is 10.8. The Bertz CT molecular complexity index is 596. The highest BCUT2D eigenvalue weighted by atomic mass is 32.1. The first-order valence-corrected chi connectivity index (χ1v) is 7.11. The fourth-order valence-corrected chi connectivity index (χ4v) is 2.41. The van der Waals surface area contributed by atoms with Crippen LogP contribution in [0.2, 0.25) is 0 Å². The zero-order valence-corrected chi connectivity index (χ0v) is 11.6. The van der Waals surface area contributed by atoms with E-state index < -0.39 is 0 Å². The van der Waals surface area contributed by atoms with Crippen molar-refractivity contribution in [3.63, 3.8) is 0 Å². The van der Waals surface area contributed by atoms with Gasteiger partial charge in [0.25, 0.3) is 0 Å². The molecule has 0 spiro atoms. The zero-order chi connectivity index (χ0) is 14.4. The number of carbonyl (C=O) groups is 2. The van der Waals surface area contributed by atoms with Gasteiger partial charge in [0.2, 0.25) is 5.91 Å². The van der Waals surface area contributed by atoms with Crippen molar-refractivity contribution < 1.29 is 14.0 Å². The van der Waals surface area contributed by atoms with Gasteiger partial charge in [-0.2, -0.15) is 0 Å². The molecule has 0 unspecified atom stereocenters. The minimum Gasteiger partial charge on any atom is -0.352 e. The van der Waals surface area contributed by atoms with Gasteiger partial charge < -0.3 is 5.32 Å². The maximum absolute atomic E-state index is 13.3. The minimum absolute atomic E-state index is 0.0407. The van der Waals surface area contributed by atoms with Gasteiger partial charge >= 0.3 is 0 Å². The second kappa shape index (κ2) is 6.96. The fraction of sp³-hybridized carbons (Fsp3) is 0.200. The highest BCUT2D eigenvalue weighted by Gasteiger charge is 2.10. The van der Waals surface area contributed by atoms with Crippen LogP contribution in [0.15, 0.2) is 41.8 Å². The minimum atomic E-state index is -0.345. The van der Waals surface area contributed by atoms with E-state index in [2.05, 4.69) is 5.32 Å². The lowest BCUT2D eigenvalue weighted by molar-refractivity contribution is -0.121. The van der Waals surface area contributed by atoms with Gasteiger partial charge in [-0.3, -0.25) is 9.59 Å². The van der Waals surface area contributed by atoms with Gasteiger partial charge in [0, 0.05) is 24.9 Å². The second-order valence-electron chi connectivity index (χ2n) is 4.27. The van der Waals surface area contributed by atoms with E-state index in [1.54, 1.807) is 30.3 Å². The fourth-order valence-electron chi connectivity index (χ4n) is 1.71. The molecule has 1 aromatic carbocycles. The van der Waals surface area contributed by atoms with E-state index in [0.717, 1.165) is 0 Å². The Morgan fingerprint density at radius 2 is 1.90 bits per heavy atom. The predicted octanol–water partition coefficient (Wildman–Crippen LogP) is 3.17. The summed E-state index contributed by atoms with van der Waals surface area (Å²) in [6.07, 6.45) is 0.287. The van der Waals surface area contributed by atoms with Crippen molar-refractivity contribution in [2.45, 2.75) is 19.4 Å². The summed E-state index contributed by atoms with van der Waals surface area (Å²) >= 11 is 1.36. The van der Waals surface area contributed by atoms with Crippen LogP contribution in [0, 0.1) is 5.82 Å². The lowest BCUT2D eigenvalue weighted by Crippen LogP contribution is -2.23. The standard InChI is InChI=1S/C15H14FNO2S/c16-12-5-2-1-4-11(12)10-17-15(19)8-7-13(18)14-6-3-9-20-14/h1-6,9H,7-8,10H2,(H,17,19). The number of rotatable bonds is 6. The maximum Gasteiger partial charge on any atom is 0.220 e. The van der Waals surface area contributed by atoms with Crippen LogP contribution in [-0.2, 0) is 11.3 Å². The van der Waals surface area contributed by atoms with Crippen LogP contribution in [0.4, 0.5) is 4.39 Å². The first-order valence-electron chi connectivity index (χ1n) is 6.23. The lowest BCUT2D eigenvalue weighted by atomic mass is 10.1. The summed E-state index contributed by atoms with van der Waals surface area (Å²) in [7, 11) is 0. The second-order valence-corrected chi connectivity index (χ2v) is 5.22. The summed E-state index contributed by atoms with van der Waals surface area (Å²) in [5.41, 5.74) is 0.436. The highest BCUT2D eigenvalue weighted by molar-refractivity contribution is 7.12. The Morgan fingerprint density at radius 3 is 2.60 bits per heavy atom. The summed E-state index contributed by atoms with van der Waals surface area (Å²) in [6.45, 7) is 0.138. The van der Waals surface area contributed by atoms with Crippen LogP contribution in [0.5, 0.6) is 0 Å². The van der Waals surface area contributed by atoms with Gasteiger partial charge in [-0.25, -0.2) is 4.39 Å². The monoisotopic (exact) mass is 291 g/mol. The molecule has 0 fully saturated rings. The topological polar surface area (TPSA) is 46.2 Å². The predicted molar refractivity (Wildman–Crippen MR) is 76.1 cm³/mol. The van der Waals surface area contributed by atoms with Crippen molar-refractivity contribution in [3.8, 4) is 0 Å². The van der Waals surface area contributed by atoms with Gasteiger partial charge in [0.05, 0.1) is 4.88 Å². The summed E-state index contributed by atoms with van der Waals surface area (Å²) in [5, 5.41) is 4.44. The molecule has 104 valence electrons. The van der Waals surface area contributed by atoms with Crippen molar-refractivity contribution >= 4 is 23.0 Å². The van der Waals surface area contributed by atoms with Crippen LogP contribution in [-0.4, -0.2) is 11.7 Å². The Hall–Kier alpha value is -2.01. The van der Waals surface area contributed by atoms with E-state index >= 15 is 0 Å². The Balaban J connectivity index is 1.76. The number of hydrogen-bond acceptors (Lipinski definition) is 3. The third-order valence-electron chi connectivity index (χ3n) is 2.81. The molecule has 5 heteroatoms. The van der Waals surface area contributed by atoms with Crippen LogP contribution in [0.3, 0.4) is 0 Å². The number of nitrogens with one attached hydrogen (secondary N) is 1. The summed E-state index contributed by atoms with van der Waals surface area (Å²) < 4.78 is 13.3. The average Bonchev–Trinajstić information content (AvgIpc) is 2.98. The molecule has 0 aliphatic heterocycles. The number of ketones is 1. The third-order valence-corrected chi connectivity index (χ3v) is 3.72. The van der Waals surface area contributed by atoms with Crippen LogP contribution < -0.4 is 5.32 Å². The summed E-state index contributed by atoms with van der Waals surface area (Å²) in [6, 6.07) is 9.82. The number of benzene rings is 1. The smallest absolute Gasteiger partial charge is 0.220 e. The molecule has 3 nitrogen and oxygen atoms in total. The Kier molecular flexibility index (Phi) is 5.01. The molecule has 0 aliphatic carbocycles. The quantitative estimate of drug-likeness (QED) is 0.831. The molecular formula is C15H14FNO2S. The van der Waals surface area contributed by atoms with Crippen LogP contribution in [0.1, 0.15) is 28.1 Å². The van der Waals surface area contributed by atoms with Crippen LogP contribution >= 0.6 is 11.3 Å². The molecule has 1 amide bonds. The maximum atomic E-state index is 13.3. The molecule has 0 radical (unpaired) electrons. The van der Waals surface area contributed by atoms with E-state index in [4.69, 9.17) is 0 Å². The van der Waals surface area contributed by atoms with E-state index in [0.29, 0.717) is 10.4 Å². The van der Waals surface area contributed by atoms with Gasteiger partial charge in [0.15, 0.2) is 5.78 Å². The summed E-state index contributed by atoms with van der Waals surface area (Å²) in [4.78, 5) is 24.0. The van der Waals surface area contributed by atoms with E-state index in [9.17, 15) is 14.0 Å². The van der Waals surface area contributed by atoms with Gasteiger partial charge in [0.1, 0.15) is 5.82 Å². The molecule has 0 atom stereocenters. The Labute approximate surface area is 120 Å². The number of hydrogen-bond donors (Lipinski definition) is 1. The molecule has 0 bridgehead atoms. The number of carbonyl (C=O) groups excluding carboxylic acids is 2. The average molecular weight is 291 g/mol. The first kappa shape index (κ1) is 14.4. The molecule has 2 rings (SSSR count). The van der Waals surface area contributed by atoms with Gasteiger partial charge in [-0.1, -0.05) is 24.3 Å². The van der Waals surface area contributed by atoms with Crippen molar-refractivity contribution in [3.05, 3.63) is 58.0 Å². The Morgan fingerprint density at radius 1 is 1.10 bits per heavy atom. The molecule has 0 aliphatic rings. The van der Waals surface area contributed by atoms with Crippen molar-refractivity contribution in [1.29, 1.82) is 0 Å². The van der Waals surface area contributed by atoms with E-state index in [1.807, 2.05) is 5.38 Å². The van der Waals surface area contributed by atoms with E-state index in [-0.39, 0.29) is 36.9 Å². The number of thiophene rings is 1. The van der Waals surface area contributed by atoms with Crippen LogP contribution in [0.25, 0.3) is 0 Å². The van der Waals surface area contributed by atoms with Crippen molar-refractivity contribution in [2.75, 3.05) is 0 Å². The molecule has 0 saturated heterocycles. The van der Waals surface area contributed by atoms with E-state index in [1.165, 1.54) is 17.4 Å². The molecular weight excluding hydrogens is 277 g/mol. The molecule has 0 saturated carbocycles. The van der Waals surface area contributed by atoms with Crippen molar-refractivity contribution in [1.82, 2.24) is 5.32 Å². The van der Waals surface area contributed by atoms with Gasteiger partial charge in [-0.05, 0) is 17.5 Å². The van der Waals surface area contributed by atoms with Gasteiger partial charge in [-0.15, -0.1) is 11.3 Å². The third kappa shape index (κ3) is 3.99. The first-order chi connectivity index (χ1) is 9.66. The number of Topliss-reactive ketones (excluding diaryl/α,β-unsaturated/α-hetero) is 1. The molecule has 20 heavy (non-hydrogen) atoms. The highest BCUT2D eigenvalue weighted by Crippen LogP contribution is 2.12. The number of halogens is 1. The SMILES string of the molecule is O=C(CCC(=O)c1cccs1)NCc1ccccc1F. The largest absolute Gasteiger partial charge is 0.352 e. The number of amides is 1. The molecule has 2 aromatic rings. The normalized spacial score (nSPS) is 10.2. The van der Waals surface area contributed by atoms with Crippen molar-refractivity contribution in [2.24, 2.45) is 0 Å². The molecule has 1 heterocycles. The molecule has 1 N–H and O–H groups in total. The lowest BCUT2D eigenvalue weighted by Gasteiger charge is -2.05. The molecule has 1 aromatic heterocycles.